The van der Waals surface area contributed by atoms with Crippen molar-refractivity contribution in [2.75, 3.05) is 0 Å². The summed E-state index contributed by atoms with van der Waals surface area (Å²) in [7, 11) is 1.87. The largest absolute Gasteiger partial charge is 0.314 e. The lowest BCUT2D eigenvalue weighted by atomic mass is 10.1. The number of nitrogens with zero attached hydrogens (tertiary/aromatic N) is 4. The number of halogens is 1. The number of rotatable bonds is 6. The first-order valence-electron chi connectivity index (χ1n) is 10.8. The Labute approximate surface area is 190 Å². The van der Waals surface area contributed by atoms with Crippen LogP contribution >= 0.6 is 11.3 Å². The average molecular weight is 451 g/mol. The number of hydrogen-bond acceptors (Lipinski definition) is 3. The number of aromatic nitrogens is 3. The quantitative estimate of drug-likeness (QED) is 0.369. The lowest BCUT2D eigenvalue weighted by Crippen LogP contribution is -2.21. The van der Waals surface area contributed by atoms with Crippen molar-refractivity contribution in [3.05, 3.63) is 86.6 Å². The fraction of sp³-hybridized carbons (Fsp3) is 0.280. The highest BCUT2D eigenvalue weighted by molar-refractivity contribution is 7.07. The summed E-state index contributed by atoms with van der Waals surface area (Å²) in [6, 6.07) is 16.3. The summed E-state index contributed by atoms with van der Waals surface area (Å²) < 4.78 is 19.1. The van der Waals surface area contributed by atoms with Crippen LogP contribution < -0.4 is 10.4 Å². The highest BCUT2D eigenvalue weighted by Crippen LogP contribution is 2.26. The topological polar surface area (TPSA) is 44.2 Å². The molecule has 0 bridgehead atoms. The van der Waals surface area contributed by atoms with Crippen LogP contribution in [0.15, 0.2) is 69.8 Å². The molecule has 0 saturated carbocycles. The predicted octanol–water partition coefficient (Wildman–Crippen LogP) is 5.75. The molecule has 2 heterocycles. The number of hydrogen-bond donors (Lipinski definition) is 0. The van der Waals surface area contributed by atoms with Gasteiger partial charge in [0, 0.05) is 18.5 Å². The van der Waals surface area contributed by atoms with E-state index in [0.717, 1.165) is 40.3 Å². The van der Waals surface area contributed by atoms with Gasteiger partial charge in [-0.05, 0) is 62.2 Å². The van der Waals surface area contributed by atoms with Gasteiger partial charge < -0.3 is 4.57 Å². The highest BCUT2D eigenvalue weighted by atomic mass is 32.1. The Kier molecular flexibility index (Phi) is 6.28. The molecule has 166 valence electrons. The minimum Gasteiger partial charge on any atom is -0.314 e. The third-order valence-corrected chi connectivity index (χ3v) is 6.60. The zero-order valence-corrected chi connectivity index (χ0v) is 19.6. The van der Waals surface area contributed by atoms with Crippen LogP contribution in [0.1, 0.15) is 38.4 Å². The molecule has 0 aliphatic carbocycles. The molecule has 32 heavy (non-hydrogen) atoms. The van der Waals surface area contributed by atoms with Crippen LogP contribution in [0.25, 0.3) is 16.9 Å². The van der Waals surface area contributed by atoms with E-state index in [1.165, 1.54) is 23.5 Å². The second-order valence-corrected chi connectivity index (χ2v) is 8.78. The van der Waals surface area contributed by atoms with Crippen molar-refractivity contribution in [1.29, 1.82) is 0 Å². The molecule has 1 atom stereocenters. The van der Waals surface area contributed by atoms with Crippen LogP contribution in [0.4, 0.5) is 10.1 Å². The molecule has 0 radical (unpaired) electrons. The van der Waals surface area contributed by atoms with Crippen molar-refractivity contribution in [2.24, 2.45) is 12.0 Å². The molecule has 2 aromatic carbocycles. The molecular formula is C25H27FN4OS. The van der Waals surface area contributed by atoms with Crippen LogP contribution in [0.2, 0.25) is 0 Å². The van der Waals surface area contributed by atoms with Gasteiger partial charge >= 0.3 is 0 Å². The van der Waals surface area contributed by atoms with Crippen molar-refractivity contribution >= 4 is 17.0 Å². The molecule has 7 heteroatoms. The predicted molar refractivity (Wildman–Crippen MR) is 128 cm³/mol. The van der Waals surface area contributed by atoms with Crippen LogP contribution in [0.5, 0.6) is 0 Å². The molecule has 0 amide bonds. The van der Waals surface area contributed by atoms with E-state index in [1.54, 1.807) is 16.8 Å². The third kappa shape index (κ3) is 4.00. The van der Waals surface area contributed by atoms with Crippen LogP contribution in [-0.4, -0.2) is 13.9 Å². The van der Waals surface area contributed by atoms with Crippen molar-refractivity contribution < 1.29 is 4.39 Å². The van der Waals surface area contributed by atoms with Gasteiger partial charge in [0.25, 0.3) is 5.56 Å². The Bertz CT molecular complexity index is 1340. The summed E-state index contributed by atoms with van der Waals surface area (Å²) in [6.45, 7) is 6.22. The zero-order chi connectivity index (χ0) is 22.8. The van der Waals surface area contributed by atoms with E-state index in [1.807, 2.05) is 54.4 Å². The number of para-hydroxylation sites is 1. The second kappa shape index (κ2) is 9.12. The first kappa shape index (κ1) is 22.0. The molecule has 2 aromatic heterocycles. The summed E-state index contributed by atoms with van der Waals surface area (Å²) in [5.41, 5.74) is 3.79. The normalized spacial score (nSPS) is 13.0. The maximum absolute atomic E-state index is 13.5. The molecule has 0 fully saturated rings. The molecule has 5 nitrogen and oxygen atoms in total. The van der Waals surface area contributed by atoms with Gasteiger partial charge in [-0.2, -0.15) is 0 Å². The first-order valence-corrected chi connectivity index (χ1v) is 11.6. The van der Waals surface area contributed by atoms with Crippen molar-refractivity contribution in [2.45, 2.75) is 39.7 Å². The third-order valence-electron chi connectivity index (χ3n) is 5.76. The summed E-state index contributed by atoms with van der Waals surface area (Å²) >= 11 is 1.50. The van der Waals surface area contributed by atoms with Crippen molar-refractivity contribution in [3.63, 3.8) is 0 Å². The van der Waals surface area contributed by atoms with E-state index < -0.39 is 0 Å². The second-order valence-electron chi connectivity index (χ2n) is 7.94. The van der Waals surface area contributed by atoms with Crippen LogP contribution in [0, 0.1) is 12.7 Å². The SMILES string of the molecule is CCCC(C)n1c(-c2ccc(F)cc2)csc1=Nc1c(C)n(C)n(-c2ccccc2)c1=O. The smallest absolute Gasteiger partial charge is 0.297 e. The number of thiazole rings is 1. The Hall–Kier alpha value is -3.19. The first-order chi connectivity index (χ1) is 15.4. The van der Waals surface area contributed by atoms with Gasteiger partial charge in [-0.3, -0.25) is 9.48 Å². The monoisotopic (exact) mass is 450 g/mol. The van der Waals surface area contributed by atoms with Gasteiger partial charge in [0.15, 0.2) is 10.5 Å². The number of benzene rings is 2. The molecular weight excluding hydrogens is 423 g/mol. The summed E-state index contributed by atoms with van der Waals surface area (Å²) in [6.07, 6.45) is 2.00. The van der Waals surface area contributed by atoms with Gasteiger partial charge in [-0.1, -0.05) is 31.5 Å². The van der Waals surface area contributed by atoms with Crippen LogP contribution in [-0.2, 0) is 7.05 Å². The summed E-state index contributed by atoms with van der Waals surface area (Å²) in [5, 5.41) is 2.03. The molecule has 4 rings (SSSR count). The Morgan fingerprint density at radius 2 is 1.78 bits per heavy atom. The molecule has 0 saturated heterocycles. The molecule has 0 aliphatic rings. The Morgan fingerprint density at radius 3 is 2.44 bits per heavy atom. The minimum absolute atomic E-state index is 0.150. The lowest BCUT2D eigenvalue weighted by Gasteiger charge is -2.16. The van der Waals surface area contributed by atoms with E-state index in [-0.39, 0.29) is 17.4 Å². The van der Waals surface area contributed by atoms with Gasteiger partial charge in [0.05, 0.1) is 17.1 Å². The molecule has 0 aliphatic heterocycles. The fourth-order valence-electron chi connectivity index (χ4n) is 3.98. The molecule has 0 N–H and O–H groups in total. The van der Waals surface area contributed by atoms with E-state index >= 15 is 0 Å². The van der Waals surface area contributed by atoms with Crippen molar-refractivity contribution in [3.8, 4) is 16.9 Å². The maximum atomic E-state index is 13.5. The van der Waals surface area contributed by atoms with E-state index in [9.17, 15) is 9.18 Å². The molecule has 4 aromatic rings. The van der Waals surface area contributed by atoms with E-state index in [4.69, 9.17) is 4.99 Å². The average Bonchev–Trinajstić information content (AvgIpc) is 3.30. The Balaban J connectivity index is 1.92. The van der Waals surface area contributed by atoms with Gasteiger partial charge in [-0.25, -0.2) is 14.1 Å². The summed E-state index contributed by atoms with van der Waals surface area (Å²) in [5.74, 6) is -0.261. The van der Waals surface area contributed by atoms with Crippen molar-refractivity contribution in [1.82, 2.24) is 13.9 Å². The minimum atomic E-state index is -0.261. The molecule has 0 spiro atoms. The van der Waals surface area contributed by atoms with E-state index in [0.29, 0.717) is 5.69 Å². The molecule has 1 unspecified atom stereocenters. The van der Waals surface area contributed by atoms with Gasteiger partial charge in [-0.15, -0.1) is 11.3 Å². The standard InChI is InChI=1S/C25H27FN4OS/c1-5-9-17(2)29-22(19-12-14-20(26)15-13-19)16-32-25(29)27-23-18(3)28(4)30(24(23)31)21-10-7-6-8-11-21/h6-8,10-17H,5,9H2,1-4H3. The maximum Gasteiger partial charge on any atom is 0.297 e. The Morgan fingerprint density at radius 1 is 1.09 bits per heavy atom. The van der Waals surface area contributed by atoms with Gasteiger partial charge in [0.1, 0.15) is 5.82 Å². The fourth-order valence-corrected chi connectivity index (χ4v) is 4.99. The highest BCUT2D eigenvalue weighted by Gasteiger charge is 2.18. The zero-order valence-electron chi connectivity index (χ0n) is 18.7. The van der Waals surface area contributed by atoms with E-state index in [2.05, 4.69) is 18.4 Å². The lowest BCUT2D eigenvalue weighted by molar-refractivity contribution is 0.495. The van der Waals surface area contributed by atoms with Crippen LogP contribution in [0.3, 0.4) is 0 Å². The van der Waals surface area contributed by atoms with Gasteiger partial charge in [0.2, 0.25) is 0 Å². The summed E-state index contributed by atoms with van der Waals surface area (Å²) in [4.78, 5) is 19.0.